The van der Waals surface area contributed by atoms with E-state index in [2.05, 4.69) is 20.6 Å². The quantitative estimate of drug-likeness (QED) is 0.401. The summed E-state index contributed by atoms with van der Waals surface area (Å²) in [6, 6.07) is 3.40. The molecule has 2 heterocycles. The summed E-state index contributed by atoms with van der Waals surface area (Å²) in [6.45, 7) is 2.19. The highest BCUT2D eigenvalue weighted by atomic mass is 19.3. The number of carbonyl (C=O) groups excluding carboxylic acids is 1. The van der Waals surface area contributed by atoms with Gasteiger partial charge < -0.3 is 24.8 Å². The van der Waals surface area contributed by atoms with Crippen LogP contribution in [0, 0.1) is 12.7 Å². The summed E-state index contributed by atoms with van der Waals surface area (Å²) < 4.78 is 71.0. The summed E-state index contributed by atoms with van der Waals surface area (Å²) in [5.41, 5.74) is -0.285. The molecule has 2 N–H and O–H groups in total. The van der Waals surface area contributed by atoms with Crippen molar-refractivity contribution in [3.05, 3.63) is 52.2 Å². The van der Waals surface area contributed by atoms with Crippen molar-refractivity contribution in [1.29, 1.82) is 0 Å². The number of alkyl halides is 3. The Morgan fingerprint density at radius 3 is 2.51 bits per heavy atom. The summed E-state index contributed by atoms with van der Waals surface area (Å²) in [6.07, 6.45) is -5.64. The number of benzene rings is 1. The molecule has 8 nitrogen and oxygen atoms in total. The second-order valence-corrected chi connectivity index (χ2v) is 8.37. The van der Waals surface area contributed by atoms with Crippen LogP contribution >= 0.6 is 0 Å². The molecule has 2 fully saturated rings. The van der Waals surface area contributed by atoms with Gasteiger partial charge in [0.05, 0.1) is 36.5 Å². The maximum atomic E-state index is 14.8. The van der Waals surface area contributed by atoms with E-state index in [-0.39, 0.29) is 42.6 Å². The third-order valence-corrected chi connectivity index (χ3v) is 5.85. The maximum Gasteiger partial charge on any atom is 0.266 e. The van der Waals surface area contributed by atoms with E-state index in [0.29, 0.717) is 30.3 Å². The van der Waals surface area contributed by atoms with Gasteiger partial charge in [-0.05, 0) is 19.8 Å². The molecule has 0 spiro atoms. The number of anilines is 1. The van der Waals surface area contributed by atoms with E-state index < -0.39 is 36.5 Å². The largest absolute Gasteiger partial charge is 0.357 e. The van der Waals surface area contributed by atoms with Crippen molar-refractivity contribution in [2.45, 2.75) is 57.3 Å². The summed E-state index contributed by atoms with van der Waals surface area (Å²) in [5.74, 6) is -1.02. The average Bonchev–Trinajstić information content (AvgIpc) is 3.30. The summed E-state index contributed by atoms with van der Waals surface area (Å²) >= 11 is 0. The number of methoxy groups -OCH3 is 1. The van der Waals surface area contributed by atoms with Crippen molar-refractivity contribution < 1.29 is 36.6 Å². The van der Waals surface area contributed by atoms with Crippen molar-refractivity contribution in [2.75, 3.05) is 25.6 Å². The minimum Gasteiger partial charge on any atom is -0.357 e. The molecule has 1 saturated carbocycles. The molecule has 4 rings (SSSR count). The first-order valence-corrected chi connectivity index (χ1v) is 11.2. The Hall–Kier alpha value is -2.83. The molecule has 2 aromatic rings. The normalized spacial score (nSPS) is 21.1. The number of aromatic nitrogens is 2. The van der Waals surface area contributed by atoms with Crippen molar-refractivity contribution in [1.82, 2.24) is 15.3 Å². The first kappa shape index (κ1) is 25.3. The van der Waals surface area contributed by atoms with Gasteiger partial charge in [0.1, 0.15) is 23.6 Å². The first-order valence-electron chi connectivity index (χ1n) is 11.2. The van der Waals surface area contributed by atoms with Gasteiger partial charge in [-0.25, -0.2) is 27.5 Å². The molecule has 190 valence electrons. The molecule has 35 heavy (non-hydrogen) atoms. The number of aryl methyl sites for hydroxylation is 1. The number of halogens is 4. The monoisotopic (exact) mass is 498 g/mol. The zero-order valence-corrected chi connectivity index (χ0v) is 19.2. The number of carbonyl (C=O) groups is 1. The highest BCUT2D eigenvalue weighted by molar-refractivity contribution is 5.79. The van der Waals surface area contributed by atoms with E-state index in [4.69, 9.17) is 14.2 Å². The molecule has 1 aromatic heterocycles. The zero-order valence-electron chi connectivity index (χ0n) is 19.2. The number of hydrogen-bond acceptors (Lipinski definition) is 7. The van der Waals surface area contributed by atoms with Crippen molar-refractivity contribution in [2.24, 2.45) is 0 Å². The fourth-order valence-corrected chi connectivity index (χ4v) is 4.08. The Morgan fingerprint density at radius 2 is 1.89 bits per heavy atom. The smallest absolute Gasteiger partial charge is 0.266 e. The predicted molar refractivity (Wildman–Crippen MR) is 116 cm³/mol. The Bertz CT molecular complexity index is 1060. The van der Waals surface area contributed by atoms with Crippen LogP contribution < -0.4 is 10.6 Å². The number of amides is 1. The van der Waals surface area contributed by atoms with Crippen LogP contribution in [-0.2, 0) is 25.4 Å². The summed E-state index contributed by atoms with van der Waals surface area (Å²) in [5, 5.41) is 5.69. The van der Waals surface area contributed by atoms with E-state index in [9.17, 15) is 22.4 Å². The van der Waals surface area contributed by atoms with Crippen molar-refractivity contribution >= 4 is 11.7 Å². The van der Waals surface area contributed by atoms with E-state index in [1.54, 1.807) is 6.92 Å². The van der Waals surface area contributed by atoms with E-state index in [0.717, 1.165) is 6.07 Å². The van der Waals surface area contributed by atoms with Gasteiger partial charge in [-0.3, -0.25) is 4.79 Å². The van der Waals surface area contributed by atoms with Crippen LogP contribution in [0.25, 0.3) is 0 Å². The Labute approximate surface area is 199 Å². The second-order valence-electron chi connectivity index (χ2n) is 8.37. The third-order valence-electron chi connectivity index (χ3n) is 5.85. The van der Waals surface area contributed by atoms with E-state index in [1.807, 2.05) is 0 Å². The van der Waals surface area contributed by atoms with Gasteiger partial charge in [-0.15, -0.1) is 0 Å². The first-order chi connectivity index (χ1) is 16.8. The predicted octanol–water partition coefficient (Wildman–Crippen LogP) is 3.82. The molecule has 1 unspecified atom stereocenters. The standard InChI is InChI=1S/C23H26F4N4O4/c1-11-28-16(10-17(32)30-13-8-12(24)9-13)18(23-34-6-7-35-23)21(29-11)31-22(33-2)15-5-3-4-14(19(15)25)20(26)27/h3-5,12-13,20,22-23H,6-10H2,1-2H3,(H,30,32)(H,28,29,31). The van der Waals surface area contributed by atoms with Crippen LogP contribution in [-0.4, -0.2) is 48.4 Å². The van der Waals surface area contributed by atoms with Gasteiger partial charge >= 0.3 is 0 Å². The second kappa shape index (κ2) is 10.8. The summed E-state index contributed by atoms with van der Waals surface area (Å²) in [7, 11) is 1.29. The summed E-state index contributed by atoms with van der Waals surface area (Å²) in [4.78, 5) is 21.4. The molecule has 0 radical (unpaired) electrons. The molecule has 1 saturated heterocycles. The molecular formula is C23H26F4N4O4. The molecule has 1 aliphatic carbocycles. The highest BCUT2D eigenvalue weighted by Crippen LogP contribution is 2.35. The fourth-order valence-electron chi connectivity index (χ4n) is 4.08. The van der Waals surface area contributed by atoms with Crippen LogP contribution in [0.2, 0.25) is 0 Å². The minimum absolute atomic E-state index is 0.147. The maximum absolute atomic E-state index is 14.8. The van der Waals surface area contributed by atoms with E-state index in [1.165, 1.54) is 19.2 Å². The number of ether oxygens (including phenoxy) is 3. The lowest BCUT2D eigenvalue weighted by Gasteiger charge is -2.30. The fraction of sp³-hybridized carbons (Fsp3) is 0.522. The molecule has 1 atom stereocenters. The Kier molecular flexibility index (Phi) is 7.82. The third kappa shape index (κ3) is 5.71. The lowest BCUT2D eigenvalue weighted by atomic mass is 9.90. The van der Waals surface area contributed by atoms with Crippen LogP contribution in [0.3, 0.4) is 0 Å². The molecule has 1 aliphatic heterocycles. The van der Waals surface area contributed by atoms with Crippen LogP contribution in [0.1, 0.15) is 60.0 Å². The van der Waals surface area contributed by atoms with Gasteiger partial charge in [-0.1, -0.05) is 18.2 Å². The zero-order chi connectivity index (χ0) is 25.1. The molecule has 0 bridgehead atoms. The van der Waals surface area contributed by atoms with Crippen LogP contribution in [0.4, 0.5) is 23.4 Å². The van der Waals surface area contributed by atoms with E-state index >= 15 is 0 Å². The van der Waals surface area contributed by atoms with Crippen LogP contribution in [0.5, 0.6) is 0 Å². The van der Waals surface area contributed by atoms with Crippen molar-refractivity contribution in [3.8, 4) is 0 Å². The molecule has 12 heteroatoms. The number of hydrogen-bond donors (Lipinski definition) is 2. The average molecular weight is 498 g/mol. The van der Waals surface area contributed by atoms with Crippen molar-refractivity contribution in [3.63, 3.8) is 0 Å². The van der Waals surface area contributed by atoms with Gasteiger partial charge in [0.2, 0.25) is 5.91 Å². The SMILES string of the molecule is COC(Nc1nc(C)nc(CC(=O)NC2CC(F)C2)c1C1OCCO1)c1cccc(C(F)F)c1F. The number of nitrogens with one attached hydrogen (secondary N) is 2. The van der Waals surface area contributed by atoms with Gasteiger partial charge in [-0.2, -0.15) is 0 Å². The van der Waals surface area contributed by atoms with Gasteiger partial charge in [0.25, 0.3) is 6.43 Å². The molecule has 1 amide bonds. The van der Waals surface area contributed by atoms with Gasteiger partial charge in [0, 0.05) is 18.7 Å². The lowest BCUT2D eigenvalue weighted by Crippen LogP contribution is -2.45. The number of rotatable bonds is 9. The van der Waals surface area contributed by atoms with Gasteiger partial charge in [0.15, 0.2) is 12.5 Å². The Morgan fingerprint density at radius 1 is 1.20 bits per heavy atom. The lowest BCUT2D eigenvalue weighted by molar-refractivity contribution is -0.122. The molecule has 1 aromatic carbocycles. The Balaban J connectivity index is 1.65. The molecule has 2 aliphatic rings. The number of nitrogens with zero attached hydrogens (tertiary/aromatic N) is 2. The van der Waals surface area contributed by atoms with Crippen LogP contribution in [0.15, 0.2) is 18.2 Å². The molecular weight excluding hydrogens is 472 g/mol. The minimum atomic E-state index is -3.00. The topological polar surface area (TPSA) is 94.6 Å². The highest BCUT2D eigenvalue weighted by Gasteiger charge is 2.33.